The smallest absolute Gasteiger partial charge is 0.119 e. The zero-order valence-electron chi connectivity index (χ0n) is 8.86. The van der Waals surface area contributed by atoms with Crippen molar-refractivity contribution in [3.05, 3.63) is 29.8 Å². The molecule has 0 heterocycles. The van der Waals surface area contributed by atoms with E-state index in [9.17, 15) is 0 Å². The van der Waals surface area contributed by atoms with Crippen molar-refractivity contribution in [1.82, 2.24) is 0 Å². The highest BCUT2D eigenvalue weighted by Crippen LogP contribution is 2.39. The minimum atomic E-state index is 0.236. The molecule has 2 aliphatic carbocycles. The van der Waals surface area contributed by atoms with Crippen LogP contribution in [0, 0.1) is 5.92 Å². The molecule has 1 aromatic rings. The Bertz CT molecular complexity index is 338. The molecule has 0 bridgehead atoms. The molecule has 2 nitrogen and oxygen atoms in total. The normalized spacial score (nSPS) is 22.5. The van der Waals surface area contributed by atoms with E-state index in [-0.39, 0.29) is 6.04 Å². The number of hydrogen-bond donors (Lipinski definition) is 1. The summed E-state index contributed by atoms with van der Waals surface area (Å²) < 4.78 is 5.70. The lowest BCUT2D eigenvalue weighted by atomic mass is 10.0. The van der Waals surface area contributed by atoms with Gasteiger partial charge in [-0.05, 0) is 49.3 Å². The van der Waals surface area contributed by atoms with Gasteiger partial charge in [0, 0.05) is 6.04 Å². The molecule has 1 unspecified atom stereocenters. The number of benzene rings is 1. The van der Waals surface area contributed by atoms with Crippen LogP contribution in [-0.2, 0) is 0 Å². The predicted molar refractivity (Wildman–Crippen MR) is 59.7 cm³/mol. The standard InChI is InChI=1S/C13H17NO/c14-13(9-1-2-9)10-3-5-11(6-4-10)15-12-7-8-12/h3-6,9,12-13H,1-2,7-8,14H2. The van der Waals surface area contributed by atoms with Crippen molar-refractivity contribution < 1.29 is 4.74 Å². The molecule has 0 amide bonds. The van der Waals surface area contributed by atoms with Crippen LogP contribution in [0.1, 0.15) is 37.3 Å². The molecule has 2 aliphatic rings. The molecule has 2 fully saturated rings. The Morgan fingerprint density at radius 2 is 1.73 bits per heavy atom. The van der Waals surface area contributed by atoms with E-state index in [1.807, 2.05) is 0 Å². The van der Waals surface area contributed by atoms with Gasteiger partial charge in [-0.3, -0.25) is 0 Å². The van der Waals surface area contributed by atoms with Crippen molar-refractivity contribution in [2.75, 3.05) is 0 Å². The van der Waals surface area contributed by atoms with Crippen molar-refractivity contribution in [3.8, 4) is 5.75 Å². The van der Waals surface area contributed by atoms with E-state index in [1.165, 1.54) is 31.2 Å². The Kier molecular flexibility index (Phi) is 2.17. The van der Waals surface area contributed by atoms with E-state index in [4.69, 9.17) is 10.5 Å². The lowest BCUT2D eigenvalue weighted by molar-refractivity contribution is 0.303. The van der Waals surface area contributed by atoms with E-state index in [2.05, 4.69) is 24.3 Å². The lowest BCUT2D eigenvalue weighted by Crippen LogP contribution is -2.12. The maximum atomic E-state index is 6.12. The number of ether oxygens (including phenoxy) is 1. The second kappa shape index (κ2) is 3.53. The first-order valence-corrected chi connectivity index (χ1v) is 5.85. The molecule has 15 heavy (non-hydrogen) atoms. The third-order valence-electron chi connectivity index (χ3n) is 3.22. The molecule has 2 heteroatoms. The Labute approximate surface area is 90.4 Å². The summed E-state index contributed by atoms with van der Waals surface area (Å²) in [5, 5.41) is 0. The van der Waals surface area contributed by atoms with Gasteiger partial charge in [-0.25, -0.2) is 0 Å². The zero-order valence-corrected chi connectivity index (χ0v) is 8.86. The maximum Gasteiger partial charge on any atom is 0.119 e. The SMILES string of the molecule is NC(c1ccc(OC2CC2)cc1)C1CC1. The predicted octanol–water partition coefficient (Wildman–Crippen LogP) is 2.64. The topological polar surface area (TPSA) is 35.2 Å². The van der Waals surface area contributed by atoms with Crippen LogP contribution in [0.15, 0.2) is 24.3 Å². The van der Waals surface area contributed by atoms with Crippen LogP contribution in [0.4, 0.5) is 0 Å². The third kappa shape index (κ3) is 2.15. The van der Waals surface area contributed by atoms with Crippen LogP contribution in [-0.4, -0.2) is 6.10 Å². The zero-order chi connectivity index (χ0) is 10.3. The average molecular weight is 203 g/mol. The van der Waals surface area contributed by atoms with E-state index in [1.54, 1.807) is 0 Å². The molecular weight excluding hydrogens is 186 g/mol. The molecule has 1 aromatic carbocycles. The van der Waals surface area contributed by atoms with Crippen molar-refractivity contribution >= 4 is 0 Å². The molecule has 0 saturated heterocycles. The van der Waals surface area contributed by atoms with Gasteiger partial charge in [-0.1, -0.05) is 12.1 Å². The van der Waals surface area contributed by atoms with Gasteiger partial charge < -0.3 is 10.5 Å². The van der Waals surface area contributed by atoms with Gasteiger partial charge in [0.25, 0.3) is 0 Å². The second-order valence-electron chi connectivity index (χ2n) is 4.75. The van der Waals surface area contributed by atoms with Crippen LogP contribution in [0.5, 0.6) is 5.75 Å². The highest BCUT2D eigenvalue weighted by atomic mass is 16.5. The van der Waals surface area contributed by atoms with Crippen LogP contribution in [0.25, 0.3) is 0 Å². The van der Waals surface area contributed by atoms with Crippen molar-refractivity contribution in [1.29, 1.82) is 0 Å². The molecule has 3 rings (SSSR count). The summed E-state index contributed by atoms with van der Waals surface area (Å²) in [4.78, 5) is 0. The Morgan fingerprint density at radius 3 is 2.27 bits per heavy atom. The third-order valence-corrected chi connectivity index (χ3v) is 3.22. The van der Waals surface area contributed by atoms with Crippen molar-refractivity contribution in [2.24, 2.45) is 11.7 Å². The summed E-state index contributed by atoms with van der Waals surface area (Å²) in [5.41, 5.74) is 7.37. The second-order valence-corrected chi connectivity index (χ2v) is 4.75. The van der Waals surface area contributed by atoms with Crippen LogP contribution in [0.3, 0.4) is 0 Å². The van der Waals surface area contributed by atoms with E-state index in [0.29, 0.717) is 6.10 Å². The summed E-state index contributed by atoms with van der Waals surface area (Å²) in [5.74, 6) is 1.71. The Morgan fingerprint density at radius 1 is 1.07 bits per heavy atom. The van der Waals surface area contributed by atoms with Crippen LogP contribution >= 0.6 is 0 Å². The van der Waals surface area contributed by atoms with Gasteiger partial charge >= 0.3 is 0 Å². The van der Waals surface area contributed by atoms with Gasteiger partial charge in [0.05, 0.1) is 6.10 Å². The first-order valence-electron chi connectivity index (χ1n) is 5.85. The van der Waals surface area contributed by atoms with E-state index >= 15 is 0 Å². The summed E-state index contributed by atoms with van der Waals surface area (Å²) in [7, 11) is 0. The molecule has 2 saturated carbocycles. The van der Waals surface area contributed by atoms with Gasteiger partial charge in [0.15, 0.2) is 0 Å². The van der Waals surface area contributed by atoms with E-state index < -0.39 is 0 Å². The average Bonchev–Trinajstić information content (AvgIpc) is 3.12. The molecular formula is C13H17NO. The fraction of sp³-hybridized carbons (Fsp3) is 0.538. The van der Waals surface area contributed by atoms with Gasteiger partial charge in [0.2, 0.25) is 0 Å². The maximum absolute atomic E-state index is 6.12. The quantitative estimate of drug-likeness (QED) is 0.816. The molecule has 0 aromatic heterocycles. The first kappa shape index (κ1) is 9.22. The molecule has 0 aliphatic heterocycles. The fourth-order valence-corrected chi connectivity index (χ4v) is 1.87. The summed E-state index contributed by atoms with van der Waals surface area (Å²) in [6, 6.07) is 8.56. The molecule has 2 N–H and O–H groups in total. The first-order chi connectivity index (χ1) is 7.33. The number of nitrogens with two attached hydrogens (primary N) is 1. The minimum absolute atomic E-state index is 0.236. The van der Waals surface area contributed by atoms with Gasteiger partial charge in [-0.15, -0.1) is 0 Å². The van der Waals surface area contributed by atoms with Crippen molar-refractivity contribution in [3.63, 3.8) is 0 Å². The molecule has 80 valence electrons. The van der Waals surface area contributed by atoms with Crippen LogP contribution in [0.2, 0.25) is 0 Å². The van der Waals surface area contributed by atoms with E-state index in [0.717, 1.165) is 11.7 Å². The molecule has 1 atom stereocenters. The highest BCUT2D eigenvalue weighted by molar-refractivity contribution is 5.30. The number of hydrogen-bond acceptors (Lipinski definition) is 2. The summed E-state index contributed by atoms with van der Waals surface area (Å²) in [6.45, 7) is 0. The number of rotatable bonds is 4. The fourth-order valence-electron chi connectivity index (χ4n) is 1.87. The summed E-state index contributed by atoms with van der Waals surface area (Å²) in [6.07, 6.45) is 5.49. The molecule has 0 radical (unpaired) electrons. The Balaban J connectivity index is 1.68. The Hall–Kier alpha value is -1.02. The molecule has 0 spiro atoms. The highest BCUT2D eigenvalue weighted by Gasteiger charge is 2.29. The van der Waals surface area contributed by atoms with Gasteiger partial charge in [0.1, 0.15) is 5.75 Å². The van der Waals surface area contributed by atoms with Gasteiger partial charge in [-0.2, -0.15) is 0 Å². The summed E-state index contributed by atoms with van der Waals surface area (Å²) >= 11 is 0. The van der Waals surface area contributed by atoms with Crippen LogP contribution < -0.4 is 10.5 Å². The lowest BCUT2D eigenvalue weighted by Gasteiger charge is -2.11. The largest absolute Gasteiger partial charge is 0.490 e. The minimum Gasteiger partial charge on any atom is -0.490 e. The van der Waals surface area contributed by atoms with Crippen molar-refractivity contribution in [2.45, 2.75) is 37.8 Å². The monoisotopic (exact) mass is 203 g/mol.